The van der Waals surface area contributed by atoms with Gasteiger partial charge in [-0.25, -0.2) is 14.1 Å². The second kappa shape index (κ2) is 9.23. The molecule has 0 N–H and O–H groups in total. The predicted octanol–water partition coefficient (Wildman–Crippen LogP) is 2.34. The third-order valence-corrected chi connectivity index (χ3v) is 6.29. The summed E-state index contributed by atoms with van der Waals surface area (Å²) < 4.78 is 62.4. The third-order valence-electron chi connectivity index (χ3n) is 5.90. The van der Waals surface area contributed by atoms with Crippen molar-refractivity contribution in [2.24, 2.45) is 4.99 Å². The second-order valence-electron chi connectivity index (χ2n) is 8.82. The molecule has 0 unspecified atom stereocenters. The average molecular weight is 538 g/mol. The highest BCUT2D eigenvalue weighted by atomic mass is 35.5. The van der Waals surface area contributed by atoms with Crippen molar-refractivity contribution in [3.63, 3.8) is 0 Å². The standard InChI is InChI=1S/C22H14B3ClF4N6O2/c1-9-19-33-18(20(37)35-7-10(8-35)38-22(23,24)25)34-36(19)13-5-4-11(21(28,29)30)15(26)14(13)17(32-9)16-12(27)3-2-6-31-16/h2-6,9-10H,7-8H2,1H3/t9-/m0/s1. The number of ether oxygens (including phenoxy) is 1. The summed E-state index contributed by atoms with van der Waals surface area (Å²) in [6, 6.07) is 3.44. The van der Waals surface area contributed by atoms with Gasteiger partial charge in [0.05, 0.1) is 51.6 Å². The summed E-state index contributed by atoms with van der Waals surface area (Å²) in [5, 5.41) is 1.68. The fourth-order valence-electron chi connectivity index (χ4n) is 4.21. The van der Waals surface area contributed by atoms with E-state index in [4.69, 9.17) is 39.9 Å². The number of hydrogen-bond donors (Lipinski definition) is 0. The van der Waals surface area contributed by atoms with Gasteiger partial charge >= 0.3 is 6.18 Å². The van der Waals surface area contributed by atoms with Crippen molar-refractivity contribution in [2.45, 2.75) is 30.5 Å². The Morgan fingerprint density at radius 2 is 1.89 bits per heavy atom. The molecule has 1 saturated heterocycles. The molecule has 4 heterocycles. The molecule has 2 aliphatic rings. The quantitative estimate of drug-likeness (QED) is 0.376. The van der Waals surface area contributed by atoms with E-state index in [0.29, 0.717) is 0 Å². The Kier molecular flexibility index (Phi) is 6.42. The van der Waals surface area contributed by atoms with Gasteiger partial charge in [-0.3, -0.25) is 14.8 Å². The number of amides is 1. The molecule has 16 heteroatoms. The van der Waals surface area contributed by atoms with Crippen LogP contribution in [0, 0.1) is 5.82 Å². The number of benzene rings is 1. The number of carbonyl (C=O) groups excluding carboxylic acids is 1. The summed E-state index contributed by atoms with van der Waals surface area (Å²) in [6.07, 6.45) is -4.03. The van der Waals surface area contributed by atoms with E-state index in [-0.39, 0.29) is 47.4 Å². The number of nitrogens with zero attached hydrogens (tertiary/aromatic N) is 6. The number of aliphatic imine (C=N–C) groups is 1. The van der Waals surface area contributed by atoms with Crippen LogP contribution in [0.2, 0.25) is 5.02 Å². The summed E-state index contributed by atoms with van der Waals surface area (Å²) in [6.45, 7) is 1.80. The first-order valence-corrected chi connectivity index (χ1v) is 11.5. The summed E-state index contributed by atoms with van der Waals surface area (Å²) in [4.78, 5) is 27.1. The summed E-state index contributed by atoms with van der Waals surface area (Å²) in [7, 11) is 16.2. The summed E-state index contributed by atoms with van der Waals surface area (Å²) >= 11 is 6.28. The van der Waals surface area contributed by atoms with Crippen LogP contribution in [-0.4, -0.2) is 84.3 Å². The number of aromatic nitrogens is 4. The van der Waals surface area contributed by atoms with Crippen LogP contribution in [0.3, 0.4) is 0 Å². The zero-order valence-electron chi connectivity index (χ0n) is 19.6. The molecule has 5 rings (SSSR count). The fourth-order valence-corrected chi connectivity index (χ4v) is 4.57. The minimum atomic E-state index is -4.81. The summed E-state index contributed by atoms with van der Waals surface area (Å²) in [5.74, 6) is -1.51. The second-order valence-corrected chi connectivity index (χ2v) is 9.19. The third kappa shape index (κ3) is 4.73. The first-order chi connectivity index (χ1) is 17.7. The Morgan fingerprint density at radius 3 is 2.53 bits per heavy atom. The van der Waals surface area contributed by atoms with Gasteiger partial charge in [0, 0.05) is 24.8 Å². The van der Waals surface area contributed by atoms with Gasteiger partial charge in [-0.05, 0) is 36.5 Å². The van der Waals surface area contributed by atoms with Crippen molar-refractivity contribution in [1.29, 1.82) is 0 Å². The van der Waals surface area contributed by atoms with Gasteiger partial charge in [0.2, 0.25) is 5.82 Å². The van der Waals surface area contributed by atoms with E-state index in [2.05, 4.69) is 20.1 Å². The molecule has 1 atom stereocenters. The van der Waals surface area contributed by atoms with Gasteiger partial charge in [0.25, 0.3) is 5.91 Å². The van der Waals surface area contributed by atoms with E-state index >= 15 is 0 Å². The Hall–Kier alpha value is -3.19. The molecule has 2 aromatic heterocycles. The van der Waals surface area contributed by atoms with E-state index in [1.54, 1.807) is 6.92 Å². The largest absolute Gasteiger partial charge is 0.417 e. The molecule has 1 amide bonds. The highest BCUT2D eigenvalue weighted by molar-refractivity contribution is 6.58. The minimum Gasteiger partial charge on any atom is -0.396 e. The average Bonchev–Trinajstić information content (AvgIpc) is 3.19. The van der Waals surface area contributed by atoms with Crippen molar-refractivity contribution in [2.75, 3.05) is 13.1 Å². The Balaban J connectivity index is 1.60. The van der Waals surface area contributed by atoms with Gasteiger partial charge in [-0.1, -0.05) is 11.6 Å². The normalized spacial score (nSPS) is 17.8. The minimum absolute atomic E-state index is 0.0155. The Labute approximate surface area is 222 Å². The van der Waals surface area contributed by atoms with E-state index in [0.717, 1.165) is 18.2 Å². The summed E-state index contributed by atoms with van der Waals surface area (Å²) in [5.41, 5.74) is -1.90. The molecule has 8 nitrogen and oxygen atoms in total. The Morgan fingerprint density at radius 1 is 1.18 bits per heavy atom. The van der Waals surface area contributed by atoms with Crippen LogP contribution in [-0.2, 0) is 10.9 Å². The molecular weight excluding hydrogens is 524 g/mol. The Bertz CT molecular complexity index is 1470. The molecule has 188 valence electrons. The maximum absolute atomic E-state index is 14.8. The highest BCUT2D eigenvalue weighted by Crippen LogP contribution is 2.41. The number of alkyl halides is 3. The number of pyridine rings is 1. The zero-order chi connectivity index (χ0) is 27.6. The van der Waals surface area contributed by atoms with Crippen molar-refractivity contribution >= 4 is 46.8 Å². The number of hydrogen-bond acceptors (Lipinski definition) is 6. The highest BCUT2D eigenvalue weighted by Gasteiger charge is 2.40. The van der Waals surface area contributed by atoms with Crippen LogP contribution in [0.5, 0.6) is 0 Å². The zero-order valence-corrected chi connectivity index (χ0v) is 20.3. The van der Waals surface area contributed by atoms with Crippen LogP contribution < -0.4 is 0 Å². The predicted molar refractivity (Wildman–Crippen MR) is 130 cm³/mol. The fraction of sp³-hybridized carbons (Fsp3) is 0.318. The molecule has 38 heavy (non-hydrogen) atoms. The molecule has 6 radical (unpaired) electrons. The maximum atomic E-state index is 14.8. The van der Waals surface area contributed by atoms with Gasteiger partial charge in [0.15, 0.2) is 11.6 Å². The molecule has 0 spiro atoms. The first kappa shape index (κ1) is 26.4. The molecule has 0 saturated carbocycles. The molecule has 3 aromatic rings. The molecule has 0 bridgehead atoms. The number of fused-ring (bicyclic) bond motifs is 3. The number of rotatable bonds is 4. The lowest BCUT2D eigenvalue weighted by atomic mass is 9.52. The van der Waals surface area contributed by atoms with Crippen molar-refractivity contribution < 1.29 is 27.1 Å². The van der Waals surface area contributed by atoms with E-state index in [9.17, 15) is 22.4 Å². The van der Waals surface area contributed by atoms with E-state index < -0.39 is 45.9 Å². The van der Waals surface area contributed by atoms with Crippen molar-refractivity contribution in [3.8, 4) is 5.69 Å². The lowest BCUT2D eigenvalue weighted by molar-refractivity contribution is -0.137. The molecule has 1 fully saturated rings. The van der Waals surface area contributed by atoms with Crippen LogP contribution in [0.1, 0.15) is 46.2 Å². The number of halogens is 5. The lowest BCUT2D eigenvalue weighted by Gasteiger charge is -2.42. The van der Waals surface area contributed by atoms with Crippen LogP contribution >= 0.6 is 11.6 Å². The first-order valence-electron chi connectivity index (χ1n) is 11.1. The van der Waals surface area contributed by atoms with Gasteiger partial charge in [-0.15, -0.1) is 5.10 Å². The smallest absolute Gasteiger partial charge is 0.396 e. The molecule has 0 aliphatic carbocycles. The number of carbonyl (C=O) groups is 1. The maximum Gasteiger partial charge on any atom is 0.417 e. The van der Waals surface area contributed by atoms with Crippen molar-refractivity contribution in [3.05, 3.63) is 69.8 Å². The van der Waals surface area contributed by atoms with E-state index in [1.165, 1.54) is 21.8 Å². The lowest BCUT2D eigenvalue weighted by Crippen LogP contribution is -2.58. The van der Waals surface area contributed by atoms with Gasteiger partial charge in [-0.2, -0.15) is 13.2 Å². The molecule has 1 aromatic carbocycles. The number of likely N-dealkylation sites (tertiary alicyclic amines) is 1. The van der Waals surface area contributed by atoms with E-state index in [1.807, 2.05) is 0 Å². The van der Waals surface area contributed by atoms with Crippen LogP contribution in [0.15, 0.2) is 35.5 Å². The topological polar surface area (TPSA) is 85.5 Å². The molecular formula is C22H14B3ClF4N6O2. The molecule has 2 aliphatic heterocycles. The van der Waals surface area contributed by atoms with Crippen LogP contribution in [0.4, 0.5) is 17.6 Å². The SMILES string of the molecule is [B]C([B])([B])OC1CN(C(=O)c2nc3n(n2)-c2ccc(C(F)(F)F)c(Cl)c2C(c2ncccc2F)=N[C@H]3C)C1. The monoisotopic (exact) mass is 538 g/mol. The van der Waals surface area contributed by atoms with Gasteiger partial charge < -0.3 is 9.64 Å². The van der Waals surface area contributed by atoms with Gasteiger partial charge in [0.1, 0.15) is 11.7 Å². The van der Waals surface area contributed by atoms with Crippen LogP contribution in [0.25, 0.3) is 5.69 Å². The van der Waals surface area contributed by atoms with Crippen molar-refractivity contribution in [1.82, 2.24) is 24.6 Å².